The van der Waals surface area contributed by atoms with Gasteiger partial charge < -0.3 is 30.2 Å². The molecule has 1 atom stereocenters. The molecule has 0 amide bonds. The van der Waals surface area contributed by atoms with E-state index in [-0.39, 0.29) is 6.42 Å². The summed E-state index contributed by atoms with van der Waals surface area (Å²) in [6.45, 7) is -1.06. The van der Waals surface area contributed by atoms with Crippen molar-refractivity contribution in [2.75, 3.05) is 13.2 Å². The molecule has 2 aromatic rings. The first-order valence-electron chi connectivity index (χ1n) is 8.50. The van der Waals surface area contributed by atoms with Crippen molar-refractivity contribution in [3.63, 3.8) is 0 Å². The van der Waals surface area contributed by atoms with Gasteiger partial charge in [0.1, 0.15) is 30.8 Å². The molecule has 0 saturated heterocycles. The number of carboxylic acids is 2. The quantitative estimate of drug-likeness (QED) is 0.189. The third-order valence-electron chi connectivity index (χ3n) is 3.62. The minimum atomic E-state index is -1.18. The number of hydrogen-bond donors (Lipinski definition) is 3. The van der Waals surface area contributed by atoms with Crippen molar-refractivity contribution in [3.8, 4) is 17.2 Å². The van der Waals surface area contributed by atoms with Crippen molar-refractivity contribution in [2.24, 2.45) is 5.73 Å². The second-order valence-electron chi connectivity index (χ2n) is 6.09. The minimum absolute atomic E-state index is 0.204. The highest BCUT2D eigenvalue weighted by Gasteiger charge is 2.17. The van der Waals surface area contributed by atoms with Crippen LogP contribution in [0.2, 0.25) is 0 Å². The average molecular weight is 767 g/mol. The molecule has 31 heavy (non-hydrogen) atoms. The van der Waals surface area contributed by atoms with Gasteiger partial charge in [0.2, 0.25) is 0 Å². The lowest BCUT2D eigenvalue weighted by molar-refractivity contribution is -0.147. The van der Waals surface area contributed by atoms with Crippen molar-refractivity contribution in [2.45, 2.75) is 12.5 Å². The van der Waals surface area contributed by atoms with Crippen LogP contribution in [0.1, 0.15) is 5.56 Å². The van der Waals surface area contributed by atoms with Gasteiger partial charge in [0.25, 0.3) is 0 Å². The summed E-state index contributed by atoms with van der Waals surface area (Å²) in [5.74, 6) is -1.54. The van der Waals surface area contributed by atoms with Crippen LogP contribution in [0.15, 0.2) is 30.3 Å². The third kappa shape index (κ3) is 8.32. The fourth-order valence-corrected chi connectivity index (χ4v) is 5.00. The van der Waals surface area contributed by atoms with Crippen molar-refractivity contribution >= 4 is 85.7 Å². The number of carbonyl (C=O) groups is 3. The summed E-state index contributed by atoms with van der Waals surface area (Å²) < 4.78 is 18.0. The first kappa shape index (κ1) is 26.0. The summed E-state index contributed by atoms with van der Waals surface area (Å²) in [4.78, 5) is 33.1. The molecule has 0 bridgehead atoms. The van der Waals surface area contributed by atoms with E-state index in [1.165, 1.54) is 0 Å². The highest BCUT2D eigenvalue weighted by atomic mass is 127. The normalized spacial score (nSPS) is 11.6. The monoisotopic (exact) mass is 767 g/mol. The van der Waals surface area contributed by atoms with Gasteiger partial charge in [0.15, 0.2) is 5.75 Å². The molecule has 2 aromatic carbocycles. The average Bonchev–Trinajstić information content (AvgIpc) is 2.66. The zero-order valence-electron chi connectivity index (χ0n) is 15.6. The maximum Gasteiger partial charge on any atom is 0.337 e. The minimum Gasteiger partial charge on any atom is -0.480 e. The summed E-state index contributed by atoms with van der Waals surface area (Å²) in [6.07, 6.45) is 0.204. The number of rotatable bonds is 10. The fourth-order valence-electron chi connectivity index (χ4n) is 2.29. The first-order valence-corrected chi connectivity index (χ1v) is 11.7. The maximum absolute atomic E-state index is 11.7. The maximum atomic E-state index is 11.7. The molecule has 0 aliphatic carbocycles. The smallest absolute Gasteiger partial charge is 0.337 e. The Morgan fingerprint density at radius 3 is 2.16 bits per heavy atom. The van der Waals surface area contributed by atoms with Gasteiger partial charge in [-0.25, -0.2) is 9.59 Å². The van der Waals surface area contributed by atoms with Gasteiger partial charge in [-0.1, -0.05) is 0 Å². The first-order chi connectivity index (χ1) is 14.6. The van der Waals surface area contributed by atoms with Crippen LogP contribution in [0.5, 0.6) is 17.2 Å². The van der Waals surface area contributed by atoms with Crippen LogP contribution in [0, 0.1) is 10.7 Å². The highest BCUT2D eigenvalue weighted by molar-refractivity contribution is 14.1. The number of ether oxygens (including phenoxy) is 3. The molecule has 9 nitrogen and oxygen atoms in total. The van der Waals surface area contributed by atoms with Crippen molar-refractivity contribution in [3.05, 3.63) is 46.6 Å². The number of halogens is 3. The summed E-state index contributed by atoms with van der Waals surface area (Å²) >= 11 is 6.20. The van der Waals surface area contributed by atoms with Crippen LogP contribution in [0.3, 0.4) is 0 Å². The van der Waals surface area contributed by atoms with E-state index in [9.17, 15) is 14.4 Å². The van der Waals surface area contributed by atoms with E-state index in [2.05, 4.69) is 45.2 Å². The van der Waals surface area contributed by atoms with Crippen LogP contribution in [0.25, 0.3) is 0 Å². The molecule has 0 fully saturated rings. The van der Waals surface area contributed by atoms with Crippen LogP contribution in [-0.4, -0.2) is 47.4 Å². The van der Waals surface area contributed by atoms with Crippen LogP contribution >= 0.6 is 67.8 Å². The molecule has 0 unspecified atom stereocenters. The summed E-state index contributed by atoms with van der Waals surface area (Å²) in [5, 5.41) is 17.5. The van der Waals surface area contributed by atoms with Gasteiger partial charge in [0, 0.05) is 0 Å². The Balaban J connectivity index is 2.08. The molecule has 0 heterocycles. The fraction of sp³-hybridized carbons (Fsp3) is 0.211. The van der Waals surface area contributed by atoms with Gasteiger partial charge in [-0.05, 0) is 110 Å². The van der Waals surface area contributed by atoms with Gasteiger partial charge in [-0.2, -0.15) is 0 Å². The lowest BCUT2D eigenvalue weighted by atomic mass is 10.1. The number of esters is 1. The lowest BCUT2D eigenvalue weighted by Gasteiger charge is -2.14. The Morgan fingerprint density at radius 1 is 0.968 bits per heavy atom. The van der Waals surface area contributed by atoms with Gasteiger partial charge in [0.05, 0.1) is 10.7 Å². The van der Waals surface area contributed by atoms with Gasteiger partial charge in [-0.15, -0.1) is 0 Å². The molecule has 0 aromatic heterocycles. The number of carbonyl (C=O) groups excluding carboxylic acids is 1. The van der Waals surface area contributed by atoms with E-state index in [4.69, 9.17) is 30.2 Å². The summed E-state index contributed by atoms with van der Waals surface area (Å²) in [7, 11) is 0. The summed E-state index contributed by atoms with van der Waals surface area (Å²) in [5.41, 5.74) is 6.40. The Hall–Kier alpha value is -1.24. The molecule has 2 rings (SSSR count). The topological polar surface area (TPSA) is 145 Å². The number of aliphatic carboxylic acids is 2. The van der Waals surface area contributed by atoms with Crippen LogP contribution in [0.4, 0.5) is 0 Å². The van der Waals surface area contributed by atoms with E-state index in [1.54, 1.807) is 18.2 Å². The lowest BCUT2D eigenvalue weighted by Crippen LogP contribution is -2.32. The molecule has 4 N–H and O–H groups in total. The Bertz CT molecular complexity index is 975. The van der Waals surface area contributed by atoms with Crippen molar-refractivity contribution in [1.82, 2.24) is 0 Å². The SMILES string of the molecule is N[C@@H](Cc1cc(I)c(Oc2ccc(OC(=O)COCC(=O)O)c(I)c2)c(I)c1)C(=O)O. The second kappa shape index (κ2) is 12.1. The Labute approximate surface area is 218 Å². The number of nitrogens with two attached hydrogens (primary N) is 1. The van der Waals surface area contributed by atoms with E-state index < -0.39 is 37.2 Å². The Morgan fingerprint density at radius 2 is 1.61 bits per heavy atom. The predicted molar refractivity (Wildman–Crippen MR) is 135 cm³/mol. The molecule has 166 valence electrons. The number of carboxylic acid groups (broad SMARTS) is 2. The second-order valence-corrected chi connectivity index (χ2v) is 9.58. The van der Waals surface area contributed by atoms with E-state index in [1.807, 2.05) is 34.7 Å². The molecule has 0 radical (unpaired) electrons. The molecular weight excluding hydrogens is 751 g/mol. The van der Waals surface area contributed by atoms with Crippen LogP contribution < -0.4 is 15.2 Å². The van der Waals surface area contributed by atoms with Crippen molar-refractivity contribution in [1.29, 1.82) is 0 Å². The molecule has 12 heteroatoms. The zero-order chi connectivity index (χ0) is 23.1. The predicted octanol–water partition coefficient (Wildman–Crippen LogP) is 3.25. The third-order valence-corrected chi connectivity index (χ3v) is 6.07. The number of benzene rings is 2. The van der Waals surface area contributed by atoms with E-state index in [0.717, 1.165) is 12.7 Å². The van der Waals surface area contributed by atoms with Crippen LogP contribution in [-0.2, 0) is 25.5 Å². The van der Waals surface area contributed by atoms with Crippen molar-refractivity contribution < 1.29 is 38.8 Å². The largest absolute Gasteiger partial charge is 0.480 e. The zero-order valence-corrected chi connectivity index (χ0v) is 22.1. The van der Waals surface area contributed by atoms with E-state index >= 15 is 0 Å². The van der Waals surface area contributed by atoms with Gasteiger partial charge in [-0.3, -0.25) is 4.79 Å². The highest BCUT2D eigenvalue weighted by Crippen LogP contribution is 2.35. The molecule has 0 aliphatic rings. The standard InChI is InChI=1S/C19H16I3NO8/c20-11-6-10(1-2-15(11)31-17(26)8-29-7-16(24)25)30-18-12(21)3-9(4-13(18)22)5-14(23)19(27)28/h1-4,6,14H,5,7-8,23H2,(H,24,25)(H,27,28)/t14-/m0/s1. The molecular formula is C19H16I3NO8. The molecule has 0 spiro atoms. The summed E-state index contributed by atoms with van der Waals surface area (Å²) in [6, 6.07) is 7.53. The molecule has 0 aliphatic heterocycles. The van der Waals surface area contributed by atoms with E-state index in [0.29, 0.717) is 20.8 Å². The Kier molecular flexibility index (Phi) is 10.2. The van der Waals surface area contributed by atoms with Gasteiger partial charge >= 0.3 is 17.9 Å². The number of hydrogen-bond acceptors (Lipinski definition) is 7. The molecule has 0 saturated carbocycles.